The molecule has 0 aromatic rings. The lowest BCUT2D eigenvalue weighted by Crippen LogP contribution is -2.40. The van der Waals surface area contributed by atoms with E-state index in [0.29, 0.717) is 23.9 Å². The van der Waals surface area contributed by atoms with Crippen LogP contribution in [0.3, 0.4) is 0 Å². The molecular weight excluding hydrogens is 598 g/mol. The molecule has 0 fully saturated rings. The molecular formula is C38H72NO8+. The fraction of sp³-hybridized carbons (Fsp3) is 0.868. The summed E-state index contributed by atoms with van der Waals surface area (Å²) < 4.78 is 22.6. The number of esters is 2. The van der Waals surface area contributed by atoms with Crippen molar-refractivity contribution in [1.29, 1.82) is 0 Å². The number of likely N-dealkylation sites (N-methyl/N-ethyl adjacent to an activating group) is 1. The van der Waals surface area contributed by atoms with Crippen molar-refractivity contribution in [2.45, 2.75) is 167 Å². The number of carboxylic acids is 1. The van der Waals surface area contributed by atoms with Gasteiger partial charge in [-0.15, -0.1) is 0 Å². The van der Waals surface area contributed by atoms with Gasteiger partial charge in [0.25, 0.3) is 6.29 Å². The summed E-state index contributed by atoms with van der Waals surface area (Å²) in [5, 5.41) is 9.56. The standard InChI is InChI=1S/C38H71NO8/c1-6-8-10-12-14-16-18-19-21-22-24-26-28-35(40)45-32-34(33-46-38(37(42)43)44-31-30-39(3,4)5)47-36(41)29-27-25-23-20-17-15-13-11-9-7-2/h11,13,34,38H,6-10,12,14-33H2,1-5H3/p+1/b13-11-. The van der Waals surface area contributed by atoms with Crippen molar-refractivity contribution < 1.29 is 42.9 Å². The number of nitrogens with zero attached hydrogens (tertiary/aromatic N) is 1. The molecule has 0 aliphatic rings. The third kappa shape index (κ3) is 32.4. The molecule has 0 aromatic heterocycles. The monoisotopic (exact) mass is 671 g/mol. The molecule has 47 heavy (non-hydrogen) atoms. The van der Waals surface area contributed by atoms with Crippen molar-refractivity contribution in [2.24, 2.45) is 0 Å². The van der Waals surface area contributed by atoms with Crippen LogP contribution in [0.1, 0.15) is 155 Å². The third-order valence-electron chi connectivity index (χ3n) is 8.00. The van der Waals surface area contributed by atoms with Crippen molar-refractivity contribution in [3.05, 3.63) is 12.2 Å². The first-order chi connectivity index (χ1) is 22.6. The second-order valence-corrected chi connectivity index (χ2v) is 13.9. The smallest absolute Gasteiger partial charge is 0.361 e. The quantitative estimate of drug-likeness (QED) is 0.0238. The minimum atomic E-state index is -1.50. The average molecular weight is 671 g/mol. The SMILES string of the molecule is CCC/C=C\CCCCCCCC(=O)OC(COC(=O)CCCCCCCCCCCCCC)COC(OCC[N+](C)(C)C)C(=O)O. The van der Waals surface area contributed by atoms with Gasteiger partial charge in [-0.3, -0.25) is 9.59 Å². The molecule has 0 aliphatic heterocycles. The summed E-state index contributed by atoms with van der Waals surface area (Å²) in [6.07, 6.45) is 25.6. The predicted molar refractivity (Wildman–Crippen MR) is 189 cm³/mol. The summed E-state index contributed by atoms with van der Waals surface area (Å²) in [4.78, 5) is 36.8. The minimum Gasteiger partial charge on any atom is -0.477 e. The fourth-order valence-corrected chi connectivity index (χ4v) is 5.01. The van der Waals surface area contributed by atoms with E-state index in [0.717, 1.165) is 57.8 Å². The molecule has 0 radical (unpaired) electrons. The Hall–Kier alpha value is -1.97. The summed E-state index contributed by atoms with van der Waals surface area (Å²) in [6, 6.07) is 0. The van der Waals surface area contributed by atoms with Gasteiger partial charge < -0.3 is 28.5 Å². The second kappa shape index (κ2) is 31.3. The molecule has 0 amide bonds. The molecule has 0 saturated carbocycles. The highest BCUT2D eigenvalue weighted by Gasteiger charge is 2.25. The maximum absolute atomic E-state index is 12.6. The van der Waals surface area contributed by atoms with Gasteiger partial charge in [0, 0.05) is 12.8 Å². The number of carbonyl (C=O) groups is 3. The van der Waals surface area contributed by atoms with Gasteiger partial charge in [0.15, 0.2) is 6.10 Å². The highest BCUT2D eigenvalue weighted by molar-refractivity contribution is 5.71. The molecule has 0 spiro atoms. The molecule has 1 N–H and O–H groups in total. The van der Waals surface area contributed by atoms with E-state index in [1.807, 2.05) is 21.1 Å². The summed E-state index contributed by atoms with van der Waals surface area (Å²) in [5.74, 6) is -2.02. The molecule has 2 unspecified atom stereocenters. The van der Waals surface area contributed by atoms with Crippen molar-refractivity contribution in [1.82, 2.24) is 0 Å². The van der Waals surface area contributed by atoms with Crippen molar-refractivity contribution in [3.8, 4) is 0 Å². The van der Waals surface area contributed by atoms with Gasteiger partial charge >= 0.3 is 17.9 Å². The maximum atomic E-state index is 12.6. The molecule has 276 valence electrons. The number of quaternary nitrogens is 1. The Bertz CT molecular complexity index is 795. The van der Waals surface area contributed by atoms with Crippen LogP contribution in [0, 0.1) is 0 Å². The van der Waals surface area contributed by atoms with Crippen LogP contribution in [0.15, 0.2) is 12.2 Å². The normalized spacial score (nSPS) is 13.1. The zero-order valence-corrected chi connectivity index (χ0v) is 30.9. The number of aliphatic carboxylic acids is 1. The van der Waals surface area contributed by atoms with Gasteiger partial charge in [-0.25, -0.2) is 4.79 Å². The van der Waals surface area contributed by atoms with Gasteiger partial charge in [-0.2, -0.15) is 0 Å². The Morgan fingerprint density at radius 2 is 1.13 bits per heavy atom. The van der Waals surface area contributed by atoms with Gasteiger partial charge in [0.2, 0.25) is 0 Å². The number of ether oxygens (including phenoxy) is 4. The van der Waals surface area contributed by atoms with Gasteiger partial charge in [0.05, 0.1) is 34.4 Å². The lowest BCUT2D eigenvalue weighted by molar-refractivity contribution is -0.870. The first kappa shape index (κ1) is 45.0. The van der Waals surface area contributed by atoms with Crippen molar-refractivity contribution in [3.63, 3.8) is 0 Å². The Morgan fingerprint density at radius 1 is 0.617 bits per heavy atom. The van der Waals surface area contributed by atoms with E-state index in [-0.39, 0.29) is 32.2 Å². The third-order valence-corrected chi connectivity index (χ3v) is 8.00. The van der Waals surface area contributed by atoms with Gasteiger partial charge in [-0.05, 0) is 32.1 Å². The van der Waals surface area contributed by atoms with Crippen LogP contribution in [-0.2, 0) is 33.3 Å². The highest BCUT2D eigenvalue weighted by Crippen LogP contribution is 2.14. The number of carbonyl (C=O) groups excluding carboxylic acids is 2. The van der Waals surface area contributed by atoms with Crippen LogP contribution in [-0.4, -0.2) is 87.4 Å². The molecule has 2 atom stereocenters. The molecule has 9 nitrogen and oxygen atoms in total. The molecule has 9 heteroatoms. The number of hydrogen-bond donors (Lipinski definition) is 1. The van der Waals surface area contributed by atoms with Crippen molar-refractivity contribution in [2.75, 3.05) is 47.5 Å². The maximum Gasteiger partial charge on any atom is 0.361 e. The summed E-state index contributed by atoms with van der Waals surface area (Å²) in [5.41, 5.74) is 0. The van der Waals surface area contributed by atoms with Crippen LogP contribution < -0.4 is 0 Å². The Kier molecular flexibility index (Phi) is 30.0. The number of unbranched alkanes of at least 4 members (excludes halogenated alkanes) is 17. The van der Waals surface area contributed by atoms with E-state index in [1.54, 1.807) is 0 Å². The highest BCUT2D eigenvalue weighted by atomic mass is 16.7. The number of rotatable bonds is 34. The Morgan fingerprint density at radius 3 is 1.66 bits per heavy atom. The summed E-state index contributed by atoms with van der Waals surface area (Å²) in [7, 11) is 5.94. The second-order valence-electron chi connectivity index (χ2n) is 13.9. The van der Waals surface area contributed by atoms with Crippen LogP contribution in [0.4, 0.5) is 0 Å². The molecule has 0 heterocycles. The van der Waals surface area contributed by atoms with Crippen LogP contribution >= 0.6 is 0 Å². The Balaban J connectivity index is 4.54. The van der Waals surface area contributed by atoms with Gasteiger partial charge in [-0.1, -0.05) is 122 Å². The molecule has 0 bridgehead atoms. The number of carboxylic acid groups (broad SMARTS) is 1. The van der Waals surface area contributed by atoms with Gasteiger partial charge in [0.1, 0.15) is 13.2 Å². The van der Waals surface area contributed by atoms with E-state index < -0.39 is 24.3 Å². The van der Waals surface area contributed by atoms with Crippen LogP contribution in [0.5, 0.6) is 0 Å². The average Bonchev–Trinajstić information content (AvgIpc) is 3.02. The predicted octanol–water partition coefficient (Wildman–Crippen LogP) is 8.77. The van der Waals surface area contributed by atoms with Crippen LogP contribution in [0.25, 0.3) is 0 Å². The number of allylic oxidation sites excluding steroid dienone is 2. The van der Waals surface area contributed by atoms with E-state index in [1.165, 1.54) is 64.2 Å². The fourth-order valence-electron chi connectivity index (χ4n) is 5.01. The van der Waals surface area contributed by atoms with Crippen LogP contribution in [0.2, 0.25) is 0 Å². The first-order valence-electron chi connectivity index (χ1n) is 18.9. The van der Waals surface area contributed by atoms with E-state index >= 15 is 0 Å². The zero-order chi connectivity index (χ0) is 35.0. The molecule has 0 saturated heterocycles. The largest absolute Gasteiger partial charge is 0.477 e. The molecule has 0 aromatic carbocycles. The molecule has 0 rings (SSSR count). The van der Waals surface area contributed by atoms with E-state index in [4.69, 9.17) is 18.9 Å². The first-order valence-corrected chi connectivity index (χ1v) is 18.9. The van der Waals surface area contributed by atoms with E-state index in [2.05, 4.69) is 26.0 Å². The van der Waals surface area contributed by atoms with E-state index in [9.17, 15) is 19.5 Å². The summed E-state index contributed by atoms with van der Waals surface area (Å²) >= 11 is 0. The minimum absolute atomic E-state index is 0.181. The topological polar surface area (TPSA) is 108 Å². The van der Waals surface area contributed by atoms with Crippen molar-refractivity contribution >= 4 is 17.9 Å². The lowest BCUT2D eigenvalue weighted by atomic mass is 10.0. The zero-order valence-electron chi connectivity index (χ0n) is 30.9. The molecule has 0 aliphatic carbocycles. The summed E-state index contributed by atoms with van der Waals surface area (Å²) in [6.45, 7) is 4.77. The lowest BCUT2D eigenvalue weighted by Gasteiger charge is -2.25. The number of hydrogen-bond acceptors (Lipinski definition) is 7. The Labute approximate surface area is 287 Å².